The third-order valence-corrected chi connectivity index (χ3v) is 3.02. The maximum absolute atomic E-state index is 5.92. The number of ether oxygens (including phenoxy) is 4. The van der Waals surface area contributed by atoms with Gasteiger partial charge in [-0.05, 0) is 18.2 Å². The molecule has 0 atom stereocenters. The zero-order chi connectivity index (χ0) is 15.1. The van der Waals surface area contributed by atoms with E-state index in [9.17, 15) is 0 Å². The first-order valence-electron chi connectivity index (χ1n) is 6.58. The zero-order valence-electron chi connectivity index (χ0n) is 12.1. The number of pyridine rings is 1. The second kappa shape index (κ2) is 8.02. The number of hydrogen-bond acceptors (Lipinski definition) is 5. The molecule has 6 heteroatoms. The molecule has 1 heterocycles. The van der Waals surface area contributed by atoms with E-state index in [0.717, 1.165) is 10.9 Å². The van der Waals surface area contributed by atoms with Crippen molar-refractivity contribution in [2.24, 2.45) is 0 Å². The quantitative estimate of drug-likeness (QED) is 0.554. The molecule has 0 N–H and O–H groups in total. The van der Waals surface area contributed by atoms with Gasteiger partial charge in [-0.2, -0.15) is 0 Å². The van der Waals surface area contributed by atoms with Crippen LogP contribution in [0.4, 0.5) is 0 Å². The minimum Gasteiger partial charge on any atom is -0.487 e. The highest BCUT2D eigenvalue weighted by molar-refractivity contribution is 6.29. The summed E-state index contributed by atoms with van der Waals surface area (Å²) in [5.74, 6) is 1.27. The maximum Gasteiger partial charge on any atom is 0.163 e. The molecule has 114 valence electrons. The minimum absolute atomic E-state index is 0.434. The van der Waals surface area contributed by atoms with Crippen LogP contribution in [-0.4, -0.2) is 45.6 Å². The highest BCUT2D eigenvalue weighted by Gasteiger charge is 2.09. The van der Waals surface area contributed by atoms with Gasteiger partial charge < -0.3 is 18.9 Å². The summed E-state index contributed by atoms with van der Waals surface area (Å²) in [5, 5.41) is 1.38. The van der Waals surface area contributed by atoms with Gasteiger partial charge in [-0.15, -0.1) is 0 Å². The van der Waals surface area contributed by atoms with E-state index in [-0.39, 0.29) is 0 Å². The summed E-state index contributed by atoms with van der Waals surface area (Å²) in [6.45, 7) is 1.89. The van der Waals surface area contributed by atoms with Crippen LogP contribution >= 0.6 is 11.6 Å². The van der Waals surface area contributed by atoms with Crippen LogP contribution in [-0.2, 0) is 9.47 Å². The number of fused-ring (bicyclic) bond motifs is 1. The SMILES string of the molecule is COCCOc1cc2ccc(Cl)nc2cc1OCCOC. The first-order valence-corrected chi connectivity index (χ1v) is 6.96. The predicted molar refractivity (Wildman–Crippen MR) is 81.5 cm³/mol. The Balaban J connectivity index is 2.27. The van der Waals surface area contributed by atoms with Gasteiger partial charge in [0.2, 0.25) is 0 Å². The van der Waals surface area contributed by atoms with E-state index in [2.05, 4.69) is 4.98 Å². The summed E-state index contributed by atoms with van der Waals surface area (Å²) in [6, 6.07) is 7.34. The molecule has 0 fully saturated rings. The van der Waals surface area contributed by atoms with E-state index in [4.69, 9.17) is 30.5 Å². The molecular formula is C15H18ClNO4. The van der Waals surface area contributed by atoms with Crippen molar-refractivity contribution in [2.75, 3.05) is 40.6 Å². The zero-order valence-corrected chi connectivity index (χ0v) is 12.9. The lowest BCUT2D eigenvalue weighted by molar-refractivity contribution is 0.132. The highest BCUT2D eigenvalue weighted by Crippen LogP contribution is 2.32. The molecule has 0 spiro atoms. The molecular weight excluding hydrogens is 294 g/mol. The largest absolute Gasteiger partial charge is 0.487 e. The molecule has 2 rings (SSSR count). The third kappa shape index (κ3) is 4.46. The standard InChI is InChI=1S/C15H18ClNO4/c1-18-5-7-20-13-9-11-3-4-15(16)17-12(11)10-14(13)21-8-6-19-2/h3-4,9-10H,5-8H2,1-2H3. The van der Waals surface area contributed by atoms with Crippen molar-refractivity contribution in [3.05, 3.63) is 29.4 Å². The Hall–Kier alpha value is -1.56. The van der Waals surface area contributed by atoms with Crippen LogP contribution < -0.4 is 9.47 Å². The van der Waals surface area contributed by atoms with Crippen molar-refractivity contribution in [2.45, 2.75) is 0 Å². The fourth-order valence-electron chi connectivity index (χ4n) is 1.80. The molecule has 0 unspecified atom stereocenters. The number of nitrogens with zero attached hydrogens (tertiary/aromatic N) is 1. The molecule has 5 nitrogen and oxygen atoms in total. The molecule has 0 amide bonds. The van der Waals surface area contributed by atoms with Crippen LogP contribution in [0.2, 0.25) is 5.15 Å². The minimum atomic E-state index is 0.434. The Morgan fingerprint density at radius 2 is 1.52 bits per heavy atom. The van der Waals surface area contributed by atoms with Gasteiger partial charge >= 0.3 is 0 Å². The Labute approximate surface area is 128 Å². The van der Waals surface area contributed by atoms with E-state index in [1.807, 2.05) is 18.2 Å². The van der Waals surface area contributed by atoms with Gasteiger partial charge in [-0.1, -0.05) is 11.6 Å². The molecule has 0 aliphatic carbocycles. The van der Waals surface area contributed by atoms with E-state index in [0.29, 0.717) is 43.1 Å². The van der Waals surface area contributed by atoms with E-state index >= 15 is 0 Å². The summed E-state index contributed by atoms with van der Waals surface area (Å²) in [7, 11) is 3.26. The van der Waals surface area contributed by atoms with Crippen molar-refractivity contribution in [1.82, 2.24) is 4.98 Å². The van der Waals surface area contributed by atoms with Gasteiger partial charge in [0, 0.05) is 25.7 Å². The number of aromatic nitrogens is 1. The number of halogens is 1. The Morgan fingerprint density at radius 1 is 0.905 bits per heavy atom. The number of benzene rings is 1. The molecule has 2 aromatic rings. The first kappa shape index (κ1) is 15.8. The Bertz CT molecular complexity index is 591. The van der Waals surface area contributed by atoms with Crippen LogP contribution in [0.1, 0.15) is 0 Å². The van der Waals surface area contributed by atoms with Crippen LogP contribution in [0.15, 0.2) is 24.3 Å². The second-order valence-corrected chi connectivity index (χ2v) is 4.70. The summed E-state index contributed by atoms with van der Waals surface area (Å²) in [4.78, 5) is 4.28. The molecule has 0 saturated carbocycles. The van der Waals surface area contributed by atoms with Crippen LogP contribution in [0.3, 0.4) is 0 Å². The molecule has 1 aromatic heterocycles. The average molecular weight is 312 g/mol. The molecule has 0 radical (unpaired) electrons. The van der Waals surface area contributed by atoms with E-state index < -0.39 is 0 Å². The van der Waals surface area contributed by atoms with Crippen molar-refractivity contribution in [3.8, 4) is 11.5 Å². The molecule has 0 bridgehead atoms. The Kier molecular flexibility index (Phi) is 6.04. The van der Waals surface area contributed by atoms with Crippen molar-refractivity contribution in [3.63, 3.8) is 0 Å². The number of methoxy groups -OCH3 is 2. The van der Waals surface area contributed by atoms with E-state index in [1.54, 1.807) is 20.3 Å². The normalized spacial score (nSPS) is 10.8. The molecule has 0 saturated heterocycles. The topological polar surface area (TPSA) is 49.8 Å². The number of hydrogen-bond donors (Lipinski definition) is 0. The average Bonchev–Trinajstić information content (AvgIpc) is 2.48. The van der Waals surface area contributed by atoms with Crippen LogP contribution in [0.5, 0.6) is 11.5 Å². The lowest BCUT2D eigenvalue weighted by Gasteiger charge is -2.13. The Morgan fingerprint density at radius 3 is 2.14 bits per heavy atom. The number of rotatable bonds is 8. The van der Waals surface area contributed by atoms with Gasteiger partial charge in [0.15, 0.2) is 11.5 Å². The smallest absolute Gasteiger partial charge is 0.163 e. The first-order chi connectivity index (χ1) is 10.2. The fourth-order valence-corrected chi connectivity index (χ4v) is 1.96. The van der Waals surface area contributed by atoms with Gasteiger partial charge in [-0.3, -0.25) is 0 Å². The van der Waals surface area contributed by atoms with Crippen molar-refractivity contribution in [1.29, 1.82) is 0 Å². The molecule has 0 aliphatic heterocycles. The van der Waals surface area contributed by atoms with Crippen LogP contribution in [0, 0.1) is 0 Å². The van der Waals surface area contributed by atoms with Crippen LogP contribution in [0.25, 0.3) is 10.9 Å². The van der Waals surface area contributed by atoms with Gasteiger partial charge in [-0.25, -0.2) is 4.98 Å². The van der Waals surface area contributed by atoms with Gasteiger partial charge in [0.1, 0.15) is 18.4 Å². The monoisotopic (exact) mass is 311 g/mol. The van der Waals surface area contributed by atoms with Crippen molar-refractivity contribution < 1.29 is 18.9 Å². The maximum atomic E-state index is 5.92. The van der Waals surface area contributed by atoms with Crippen molar-refractivity contribution >= 4 is 22.5 Å². The summed E-state index contributed by atoms with van der Waals surface area (Å²) < 4.78 is 21.4. The molecule has 1 aromatic carbocycles. The van der Waals surface area contributed by atoms with E-state index in [1.165, 1.54) is 0 Å². The summed E-state index contributed by atoms with van der Waals surface area (Å²) in [5.41, 5.74) is 0.758. The third-order valence-electron chi connectivity index (χ3n) is 2.81. The summed E-state index contributed by atoms with van der Waals surface area (Å²) >= 11 is 5.92. The lowest BCUT2D eigenvalue weighted by Crippen LogP contribution is -2.08. The molecule has 21 heavy (non-hydrogen) atoms. The van der Waals surface area contributed by atoms with Gasteiger partial charge in [0.25, 0.3) is 0 Å². The summed E-state index contributed by atoms with van der Waals surface area (Å²) in [6.07, 6.45) is 0. The second-order valence-electron chi connectivity index (χ2n) is 4.31. The fraction of sp³-hybridized carbons (Fsp3) is 0.400. The lowest BCUT2D eigenvalue weighted by atomic mass is 10.2. The van der Waals surface area contributed by atoms with Gasteiger partial charge in [0.05, 0.1) is 18.7 Å². The molecule has 0 aliphatic rings. The highest BCUT2D eigenvalue weighted by atomic mass is 35.5. The predicted octanol–water partition coefficient (Wildman–Crippen LogP) is 2.94.